The second-order valence-corrected chi connectivity index (χ2v) is 5.14. The Morgan fingerprint density at radius 3 is 2.17 bits per heavy atom. The number of Topliss-reactive ketones (excluding diaryl/α,β-unsaturated/α-hetero) is 1. The van der Waals surface area contributed by atoms with Gasteiger partial charge in [0.05, 0.1) is 0 Å². The van der Waals surface area contributed by atoms with E-state index in [-0.39, 0.29) is 11.6 Å². The van der Waals surface area contributed by atoms with E-state index in [0.717, 1.165) is 4.47 Å². The number of hydrogen-bond donors (Lipinski definition) is 0. The molecule has 1 unspecified atom stereocenters. The number of ketones is 1. The van der Waals surface area contributed by atoms with E-state index in [0.29, 0.717) is 11.1 Å². The van der Waals surface area contributed by atoms with Crippen LogP contribution in [0.4, 0.5) is 4.39 Å². The van der Waals surface area contributed by atoms with Gasteiger partial charge < -0.3 is 0 Å². The van der Waals surface area contributed by atoms with Gasteiger partial charge in [-0.3, -0.25) is 4.79 Å². The number of halogens is 3. The van der Waals surface area contributed by atoms with Crippen LogP contribution in [-0.2, 0) is 0 Å². The molecule has 1 atom stereocenters. The molecule has 18 heavy (non-hydrogen) atoms. The summed E-state index contributed by atoms with van der Waals surface area (Å²) in [6.07, 6.45) is 0. The third-order valence-corrected chi connectivity index (χ3v) is 3.50. The molecule has 0 saturated carbocycles. The van der Waals surface area contributed by atoms with E-state index in [1.807, 2.05) is 0 Å². The number of benzene rings is 2. The van der Waals surface area contributed by atoms with Crippen molar-refractivity contribution in [3.63, 3.8) is 0 Å². The molecule has 0 fully saturated rings. The van der Waals surface area contributed by atoms with Crippen molar-refractivity contribution in [2.75, 3.05) is 0 Å². The van der Waals surface area contributed by atoms with E-state index in [4.69, 9.17) is 11.6 Å². The van der Waals surface area contributed by atoms with Gasteiger partial charge in [0, 0.05) is 10.0 Å². The fourth-order valence-electron chi connectivity index (χ4n) is 1.54. The first-order valence-corrected chi connectivity index (χ1v) is 6.50. The second kappa shape index (κ2) is 5.63. The highest BCUT2D eigenvalue weighted by atomic mass is 79.9. The van der Waals surface area contributed by atoms with E-state index >= 15 is 0 Å². The van der Waals surface area contributed by atoms with Gasteiger partial charge in [-0.15, -0.1) is 11.6 Å². The maximum absolute atomic E-state index is 12.8. The van der Waals surface area contributed by atoms with Gasteiger partial charge in [-0.25, -0.2) is 4.39 Å². The molecule has 0 saturated heterocycles. The van der Waals surface area contributed by atoms with E-state index in [1.54, 1.807) is 24.3 Å². The zero-order valence-corrected chi connectivity index (χ0v) is 11.6. The average Bonchev–Trinajstić information content (AvgIpc) is 2.39. The number of carbonyl (C=O) groups is 1. The Morgan fingerprint density at radius 2 is 1.61 bits per heavy atom. The van der Waals surface area contributed by atoms with Crippen LogP contribution in [0.15, 0.2) is 53.0 Å². The molecular formula is C14H9BrClFO. The van der Waals surface area contributed by atoms with Gasteiger partial charge in [-0.05, 0) is 29.8 Å². The van der Waals surface area contributed by atoms with Crippen LogP contribution < -0.4 is 0 Å². The molecule has 0 radical (unpaired) electrons. The topological polar surface area (TPSA) is 17.1 Å². The van der Waals surface area contributed by atoms with Crippen LogP contribution in [0.2, 0.25) is 0 Å². The molecule has 0 aliphatic carbocycles. The highest BCUT2D eigenvalue weighted by molar-refractivity contribution is 9.10. The number of rotatable bonds is 3. The van der Waals surface area contributed by atoms with Gasteiger partial charge in [0.2, 0.25) is 0 Å². The molecule has 2 aromatic carbocycles. The maximum atomic E-state index is 12.8. The lowest BCUT2D eigenvalue weighted by atomic mass is 10.0. The molecule has 0 aromatic heterocycles. The third-order valence-electron chi connectivity index (χ3n) is 2.52. The highest BCUT2D eigenvalue weighted by Crippen LogP contribution is 2.25. The predicted octanol–water partition coefficient (Wildman–Crippen LogP) is 4.75. The Morgan fingerprint density at radius 1 is 1.06 bits per heavy atom. The molecule has 4 heteroatoms. The van der Waals surface area contributed by atoms with Crippen LogP contribution in [-0.4, -0.2) is 5.78 Å². The van der Waals surface area contributed by atoms with Gasteiger partial charge in [0.1, 0.15) is 11.2 Å². The van der Waals surface area contributed by atoms with Crippen molar-refractivity contribution in [2.24, 2.45) is 0 Å². The minimum atomic E-state index is -0.799. The summed E-state index contributed by atoms with van der Waals surface area (Å²) < 4.78 is 13.7. The standard InChI is InChI=1S/C14H9BrClFO/c15-11-5-1-10(2-6-11)14(18)13(16)9-3-7-12(17)8-4-9/h1-8,13H. The average molecular weight is 328 g/mol. The zero-order chi connectivity index (χ0) is 13.1. The Kier molecular flexibility index (Phi) is 4.15. The summed E-state index contributed by atoms with van der Waals surface area (Å²) in [6, 6.07) is 12.6. The first-order chi connectivity index (χ1) is 8.58. The van der Waals surface area contributed by atoms with Crippen LogP contribution in [0.5, 0.6) is 0 Å². The largest absolute Gasteiger partial charge is 0.292 e. The number of carbonyl (C=O) groups excluding carboxylic acids is 1. The molecule has 92 valence electrons. The van der Waals surface area contributed by atoms with Gasteiger partial charge in [0.15, 0.2) is 5.78 Å². The first kappa shape index (κ1) is 13.2. The molecule has 0 N–H and O–H groups in total. The normalized spacial score (nSPS) is 12.2. The summed E-state index contributed by atoms with van der Waals surface area (Å²) in [5.41, 5.74) is 1.12. The quantitative estimate of drug-likeness (QED) is 0.587. The monoisotopic (exact) mass is 326 g/mol. The lowest BCUT2D eigenvalue weighted by Gasteiger charge is -2.09. The van der Waals surface area contributed by atoms with Gasteiger partial charge in [-0.1, -0.05) is 40.2 Å². The fraction of sp³-hybridized carbons (Fsp3) is 0.0714. The molecular weight excluding hydrogens is 319 g/mol. The van der Waals surface area contributed by atoms with Crippen molar-refractivity contribution in [2.45, 2.75) is 5.38 Å². The van der Waals surface area contributed by atoms with E-state index in [9.17, 15) is 9.18 Å². The number of hydrogen-bond acceptors (Lipinski definition) is 1. The third kappa shape index (κ3) is 2.98. The summed E-state index contributed by atoms with van der Waals surface area (Å²) in [6.45, 7) is 0. The van der Waals surface area contributed by atoms with Crippen molar-refractivity contribution in [1.82, 2.24) is 0 Å². The summed E-state index contributed by atoms with van der Waals surface area (Å²) >= 11 is 9.40. The van der Waals surface area contributed by atoms with Crippen molar-refractivity contribution in [3.8, 4) is 0 Å². The minimum absolute atomic E-state index is 0.198. The number of alkyl halides is 1. The Balaban J connectivity index is 2.23. The zero-order valence-electron chi connectivity index (χ0n) is 9.24. The molecule has 0 spiro atoms. The van der Waals surface area contributed by atoms with Crippen molar-refractivity contribution >= 4 is 33.3 Å². The van der Waals surface area contributed by atoms with Crippen LogP contribution in [0.1, 0.15) is 21.3 Å². The Hall–Kier alpha value is -1.19. The smallest absolute Gasteiger partial charge is 0.185 e. The molecule has 2 aromatic rings. The summed E-state index contributed by atoms with van der Waals surface area (Å²) in [5, 5.41) is -0.799. The van der Waals surface area contributed by atoms with Gasteiger partial charge in [-0.2, -0.15) is 0 Å². The molecule has 0 heterocycles. The van der Waals surface area contributed by atoms with Crippen LogP contribution in [0, 0.1) is 5.82 Å². The molecule has 0 aliphatic heterocycles. The predicted molar refractivity (Wildman–Crippen MR) is 73.5 cm³/mol. The molecule has 1 nitrogen and oxygen atoms in total. The van der Waals surface area contributed by atoms with Crippen molar-refractivity contribution in [1.29, 1.82) is 0 Å². The molecule has 2 rings (SSSR count). The Labute approximate surface area is 118 Å². The maximum Gasteiger partial charge on any atom is 0.185 e. The van der Waals surface area contributed by atoms with E-state index in [2.05, 4.69) is 15.9 Å². The van der Waals surface area contributed by atoms with Crippen LogP contribution >= 0.6 is 27.5 Å². The summed E-state index contributed by atoms with van der Waals surface area (Å²) in [4.78, 5) is 12.1. The Bertz CT molecular complexity index is 551. The molecule has 0 aliphatic rings. The summed E-state index contributed by atoms with van der Waals surface area (Å²) in [5.74, 6) is -0.547. The highest BCUT2D eigenvalue weighted by Gasteiger charge is 2.19. The van der Waals surface area contributed by atoms with Crippen LogP contribution in [0.25, 0.3) is 0 Å². The first-order valence-electron chi connectivity index (χ1n) is 5.27. The molecule has 0 bridgehead atoms. The van der Waals surface area contributed by atoms with Crippen molar-refractivity contribution in [3.05, 3.63) is 69.9 Å². The van der Waals surface area contributed by atoms with Gasteiger partial charge in [0.25, 0.3) is 0 Å². The van der Waals surface area contributed by atoms with Crippen molar-refractivity contribution < 1.29 is 9.18 Å². The SMILES string of the molecule is O=C(c1ccc(Br)cc1)C(Cl)c1ccc(F)cc1. The lowest BCUT2D eigenvalue weighted by molar-refractivity contribution is 0.0987. The van der Waals surface area contributed by atoms with E-state index in [1.165, 1.54) is 24.3 Å². The minimum Gasteiger partial charge on any atom is -0.292 e. The summed E-state index contributed by atoms with van der Waals surface area (Å²) in [7, 11) is 0. The van der Waals surface area contributed by atoms with Crippen LogP contribution in [0.3, 0.4) is 0 Å². The van der Waals surface area contributed by atoms with E-state index < -0.39 is 5.38 Å². The lowest BCUT2D eigenvalue weighted by Crippen LogP contribution is -2.07. The molecule has 0 amide bonds. The van der Waals surface area contributed by atoms with Gasteiger partial charge >= 0.3 is 0 Å². The second-order valence-electron chi connectivity index (χ2n) is 3.79. The fourth-order valence-corrected chi connectivity index (χ4v) is 2.08.